The van der Waals surface area contributed by atoms with Gasteiger partial charge in [0.1, 0.15) is 0 Å². The predicted molar refractivity (Wildman–Crippen MR) is 62.8 cm³/mol. The standard InChI is InChI=1S/C11H10N2OS/c14-11-6-5-9-3-1-2-4-10(9)15-13-8-7-12-11/h1-6,8H,7H2,(H,12,14)/b6-5-,13-8-. The van der Waals surface area contributed by atoms with Crippen molar-refractivity contribution in [3.63, 3.8) is 0 Å². The van der Waals surface area contributed by atoms with Gasteiger partial charge in [-0.15, -0.1) is 0 Å². The van der Waals surface area contributed by atoms with E-state index in [-0.39, 0.29) is 5.91 Å². The van der Waals surface area contributed by atoms with Crippen LogP contribution in [0.15, 0.2) is 39.6 Å². The van der Waals surface area contributed by atoms with Crippen LogP contribution in [-0.2, 0) is 4.79 Å². The van der Waals surface area contributed by atoms with Gasteiger partial charge < -0.3 is 5.32 Å². The van der Waals surface area contributed by atoms with Gasteiger partial charge in [-0.25, -0.2) is 4.40 Å². The quantitative estimate of drug-likeness (QED) is 0.676. The zero-order chi connectivity index (χ0) is 10.5. The highest BCUT2D eigenvalue weighted by Gasteiger charge is 2.01. The minimum absolute atomic E-state index is 0.0943. The highest BCUT2D eigenvalue weighted by atomic mass is 32.2. The molecule has 0 aromatic heterocycles. The molecule has 0 unspecified atom stereocenters. The first-order valence-electron chi connectivity index (χ1n) is 4.60. The molecule has 1 aromatic carbocycles. The van der Waals surface area contributed by atoms with E-state index in [1.807, 2.05) is 24.3 Å². The number of fused-ring (bicyclic) bond motifs is 1. The van der Waals surface area contributed by atoms with E-state index in [0.29, 0.717) is 6.54 Å². The lowest BCUT2D eigenvalue weighted by Crippen LogP contribution is -2.22. The smallest absolute Gasteiger partial charge is 0.244 e. The van der Waals surface area contributed by atoms with Crippen molar-refractivity contribution >= 4 is 30.1 Å². The maximum atomic E-state index is 11.2. The molecule has 0 spiro atoms. The number of hydrogen-bond donors (Lipinski definition) is 1. The summed E-state index contributed by atoms with van der Waals surface area (Å²) in [7, 11) is 0. The number of carbonyl (C=O) groups excluding carboxylic acids is 1. The summed E-state index contributed by atoms with van der Waals surface area (Å²) in [4.78, 5) is 12.3. The maximum absolute atomic E-state index is 11.2. The molecule has 1 amide bonds. The first-order valence-corrected chi connectivity index (χ1v) is 5.37. The number of benzene rings is 1. The molecule has 0 atom stereocenters. The van der Waals surface area contributed by atoms with Crippen LogP contribution in [-0.4, -0.2) is 18.7 Å². The van der Waals surface area contributed by atoms with E-state index >= 15 is 0 Å². The molecule has 76 valence electrons. The van der Waals surface area contributed by atoms with Crippen LogP contribution >= 0.6 is 11.9 Å². The molecule has 1 heterocycles. The molecular formula is C11H10N2OS. The Hall–Kier alpha value is -1.55. The molecular weight excluding hydrogens is 208 g/mol. The van der Waals surface area contributed by atoms with E-state index < -0.39 is 0 Å². The molecule has 0 fully saturated rings. The van der Waals surface area contributed by atoms with Gasteiger partial charge in [-0.05, 0) is 17.7 Å². The number of carbonyl (C=O) groups is 1. The summed E-state index contributed by atoms with van der Waals surface area (Å²) in [5, 5.41) is 2.69. The normalized spacial score (nSPS) is 19.9. The molecule has 3 nitrogen and oxygen atoms in total. The Kier molecular flexibility index (Phi) is 3.19. The number of nitrogens with one attached hydrogen (secondary N) is 1. The first kappa shape index (κ1) is 9.98. The molecule has 15 heavy (non-hydrogen) atoms. The molecule has 1 aliphatic heterocycles. The van der Waals surface area contributed by atoms with Crippen LogP contribution < -0.4 is 5.32 Å². The van der Waals surface area contributed by atoms with Crippen molar-refractivity contribution in [1.29, 1.82) is 0 Å². The van der Waals surface area contributed by atoms with E-state index in [4.69, 9.17) is 0 Å². The average molecular weight is 218 g/mol. The zero-order valence-electron chi connectivity index (χ0n) is 8.01. The molecule has 0 radical (unpaired) electrons. The molecule has 1 N–H and O–H groups in total. The van der Waals surface area contributed by atoms with Crippen LogP contribution in [0.4, 0.5) is 0 Å². The van der Waals surface area contributed by atoms with Crippen molar-refractivity contribution in [1.82, 2.24) is 5.32 Å². The van der Waals surface area contributed by atoms with Crippen molar-refractivity contribution in [2.24, 2.45) is 4.40 Å². The summed E-state index contributed by atoms with van der Waals surface area (Å²) < 4.78 is 4.15. The Morgan fingerprint density at radius 2 is 2.13 bits per heavy atom. The second-order valence-corrected chi connectivity index (χ2v) is 3.83. The highest BCUT2D eigenvalue weighted by Crippen LogP contribution is 2.24. The van der Waals surface area contributed by atoms with Crippen LogP contribution in [0.1, 0.15) is 5.56 Å². The van der Waals surface area contributed by atoms with Crippen LogP contribution in [0.3, 0.4) is 0 Å². The molecule has 1 aromatic rings. The fourth-order valence-electron chi connectivity index (χ4n) is 1.20. The lowest BCUT2D eigenvalue weighted by atomic mass is 10.2. The summed E-state index contributed by atoms with van der Waals surface area (Å²) in [6.07, 6.45) is 5.04. The van der Waals surface area contributed by atoms with Gasteiger partial charge in [0.15, 0.2) is 0 Å². The third-order valence-corrected chi connectivity index (χ3v) is 2.75. The molecule has 1 aliphatic rings. The van der Waals surface area contributed by atoms with Gasteiger partial charge in [0.05, 0.1) is 6.54 Å². The molecule has 0 aliphatic carbocycles. The Labute approximate surface area is 92.4 Å². The van der Waals surface area contributed by atoms with E-state index in [1.165, 1.54) is 11.9 Å². The minimum Gasteiger partial charge on any atom is -0.348 e. The van der Waals surface area contributed by atoms with Crippen molar-refractivity contribution in [2.45, 2.75) is 4.90 Å². The van der Waals surface area contributed by atoms with Crippen molar-refractivity contribution in [3.05, 3.63) is 35.9 Å². The second kappa shape index (κ2) is 4.79. The van der Waals surface area contributed by atoms with Crippen LogP contribution in [0.5, 0.6) is 0 Å². The summed E-state index contributed by atoms with van der Waals surface area (Å²) in [5.41, 5.74) is 1.01. The van der Waals surface area contributed by atoms with E-state index in [2.05, 4.69) is 9.71 Å². The van der Waals surface area contributed by atoms with E-state index in [0.717, 1.165) is 10.5 Å². The van der Waals surface area contributed by atoms with Crippen LogP contribution in [0.2, 0.25) is 0 Å². The number of amides is 1. The largest absolute Gasteiger partial charge is 0.348 e. The lowest BCUT2D eigenvalue weighted by molar-refractivity contribution is -0.116. The van der Waals surface area contributed by atoms with Gasteiger partial charge in [0, 0.05) is 29.1 Å². The third kappa shape index (κ3) is 2.70. The number of nitrogens with zero attached hydrogens (tertiary/aromatic N) is 1. The Morgan fingerprint density at radius 1 is 1.27 bits per heavy atom. The Morgan fingerprint density at radius 3 is 3.07 bits per heavy atom. The fourth-order valence-corrected chi connectivity index (χ4v) is 1.85. The third-order valence-electron chi connectivity index (χ3n) is 1.93. The SMILES string of the molecule is O=C1/C=C\c2ccccc2S/N=C\CN1. The summed E-state index contributed by atoms with van der Waals surface area (Å²) in [5.74, 6) is -0.0943. The van der Waals surface area contributed by atoms with Crippen molar-refractivity contribution in [2.75, 3.05) is 6.54 Å². The monoisotopic (exact) mass is 218 g/mol. The molecule has 4 heteroatoms. The Balaban J connectivity index is 2.35. The zero-order valence-corrected chi connectivity index (χ0v) is 8.83. The van der Waals surface area contributed by atoms with Gasteiger partial charge in [-0.2, -0.15) is 0 Å². The second-order valence-electron chi connectivity index (χ2n) is 3.00. The molecule has 0 bridgehead atoms. The molecule has 2 rings (SSSR count). The summed E-state index contributed by atoms with van der Waals surface area (Å²) in [6.45, 7) is 0.471. The molecule has 0 saturated heterocycles. The lowest BCUT2D eigenvalue weighted by Gasteiger charge is -2.03. The highest BCUT2D eigenvalue weighted by molar-refractivity contribution is 7.98. The number of rotatable bonds is 0. The maximum Gasteiger partial charge on any atom is 0.244 e. The van der Waals surface area contributed by atoms with Gasteiger partial charge in [0.25, 0.3) is 0 Å². The van der Waals surface area contributed by atoms with Crippen molar-refractivity contribution in [3.8, 4) is 0 Å². The summed E-state index contributed by atoms with van der Waals surface area (Å²) in [6, 6.07) is 7.85. The van der Waals surface area contributed by atoms with Crippen LogP contribution in [0, 0.1) is 0 Å². The van der Waals surface area contributed by atoms with Crippen molar-refractivity contribution < 1.29 is 4.79 Å². The van der Waals surface area contributed by atoms with Gasteiger partial charge in [-0.3, -0.25) is 4.79 Å². The molecule has 0 saturated carbocycles. The van der Waals surface area contributed by atoms with Gasteiger partial charge in [-0.1, -0.05) is 18.2 Å². The van der Waals surface area contributed by atoms with E-state index in [9.17, 15) is 4.79 Å². The topological polar surface area (TPSA) is 41.5 Å². The average Bonchev–Trinajstić information content (AvgIpc) is 2.27. The van der Waals surface area contributed by atoms with Gasteiger partial charge in [0.2, 0.25) is 5.91 Å². The summed E-state index contributed by atoms with van der Waals surface area (Å²) >= 11 is 1.41. The van der Waals surface area contributed by atoms with E-state index in [1.54, 1.807) is 18.4 Å². The fraction of sp³-hybridized carbons (Fsp3) is 0.0909. The Bertz CT molecular complexity index is 426. The minimum atomic E-state index is -0.0943. The first-order chi connectivity index (χ1) is 7.36. The van der Waals surface area contributed by atoms with Crippen LogP contribution in [0.25, 0.3) is 6.08 Å². The predicted octanol–water partition coefficient (Wildman–Crippen LogP) is 1.91. The number of hydrogen-bond acceptors (Lipinski definition) is 3. The van der Waals surface area contributed by atoms with Gasteiger partial charge >= 0.3 is 0 Å².